The second-order valence-corrected chi connectivity index (χ2v) is 9.88. The number of rotatable bonds is 7. The highest BCUT2D eigenvalue weighted by atomic mass is 35.5. The molecule has 0 fully saturated rings. The molecule has 2 N–H and O–H groups in total. The van der Waals surface area contributed by atoms with Crippen molar-refractivity contribution >= 4 is 40.4 Å². The van der Waals surface area contributed by atoms with Crippen LogP contribution >= 0.6 is 23.4 Å². The van der Waals surface area contributed by atoms with Crippen molar-refractivity contribution in [3.63, 3.8) is 0 Å². The number of amides is 1. The average molecular weight is 485 g/mol. The first kappa shape index (κ1) is 23.2. The van der Waals surface area contributed by atoms with Crippen molar-refractivity contribution in [1.29, 1.82) is 0 Å². The molecule has 0 spiro atoms. The first-order chi connectivity index (χ1) is 15.8. The molecule has 4 rings (SSSR count). The van der Waals surface area contributed by atoms with Crippen LogP contribution in [0.1, 0.15) is 43.8 Å². The highest BCUT2D eigenvalue weighted by molar-refractivity contribution is 7.98. The number of carbonyl (C=O) groups is 1. The molecule has 0 aliphatic carbocycles. The fourth-order valence-corrected chi connectivity index (χ4v) is 4.40. The molecule has 2 heterocycles. The summed E-state index contributed by atoms with van der Waals surface area (Å²) >= 11 is 7.63. The van der Waals surface area contributed by atoms with E-state index >= 15 is 0 Å². The number of halogens is 1. The minimum absolute atomic E-state index is 0.313. The third-order valence-electron chi connectivity index (χ3n) is 4.82. The first-order valence-electron chi connectivity index (χ1n) is 10.5. The molecular formula is C24H25ClN4O3S. The van der Waals surface area contributed by atoms with Crippen LogP contribution in [0.5, 0.6) is 0 Å². The van der Waals surface area contributed by atoms with Crippen molar-refractivity contribution < 1.29 is 13.9 Å². The summed E-state index contributed by atoms with van der Waals surface area (Å²) in [6.45, 7) is 5.45. The minimum Gasteiger partial charge on any atom is -0.444 e. The third kappa shape index (κ3) is 6.09. The number of alkyl carbamates (subject to hydrolysis) is 1. The molecular weight excluding hydrogens is 460 g/mol. The summed E-state index contributed by atoms with van der Waals surface area (Å²) in [7, 11) is 0. The van der Waals surface area contributed by atoms with Crippen LogP contribution in [0.3, 0.4) is 0 Å². The van der Waals surface area contributed by atoms with Gasteiger partial charge in [-0.05, 0) is 44.0 Å². The van der Waals surface area contributed by atoms with Crippen LogP contribution in [0, 0.1) is 0 Å². The third-order valence-corrected chi connectivity index (χ3v) is 6.06. The summed E-state index contributed by atoms with van der Waals surface area (Å²) in [4.78, 5) is 15.8. The highest BCUT2D eigenvalue weighted by Gasteiger charge is 2.26. The number of aromatic amines is 1. The van der Waals surface area contributed by atoms with E-state index in [0.29, 0.717) is 28.3 Å². The molecule has 1 atom stereocenters. The zero-order chi connectivity index (χ0) is 23.4. The Hall–Kier alpha value is -2.97. The number of para-hydroxylation sites is 1. The molecule has 0 unspecified atom stereocenters. The molecule has 1 amide bonds. The molecule has 0 radical (unpaired) electrons. The Bertz CT molecular complexity index is 1250. The van der Waals surface area contributed by atoms with Crippen LogP contribution in [-0.2, 0) is 16.9 Å². The van der Waals surface area contributed by atoms with Gasteiger partial charge in [0.15, 0.2) is 0 Å². The summed E-state index contributed by atoms with van der Waals surface area (Å²) in [6.07, 6.45) is 1.84. The van der Waals surface area contributed by atoms with E-state index in [2.05, 4.69) is 20.5 Å². The smallest absolute Gasteiger partial charge is 0.408 e. The van der Waals surface area contributed by atoms with Gasteiger partial charge in [0.1, 0.15) is 11.6 Å². The SMILES string of the molecule is CC(C)(C)OC(=O)N[C@@H](Cc1c[nH]c2ccccc12)c1nnc(SCc2ccccc2Cl)o1. The molecule has 172 valence electrons. The Morgan fingerprint density at radius 3 is 2.70 bits per heavy atom. The van der Waals surface area contributed by atoms with Crippen molar-refractivity contribution in [2.75, 3.05) is 0 Å². The second kappa shape index (κ2) is 9.89. The van der Waals surface area contributed by atoms with E-state index in [1.54, 1.807) is 0 Å². The van der Waals surface area contributed by atoms with Crippen LogP contribution in [0.15, 0.2) is 64.4 Å². The van der Waals surface area contributed by atoms with E-state index in [9.17, 15) is 4.79 Å². The Morgan fingerprint density at radius 1 is 1.15 bits per heavy atom. The lowest BCUT2D eigenvalue weighted by atomic mass is 10.1. The van der Waals surface area contributed by atoms with Crippen molar-refractivity contribution in [2.24, 2.45) is 0 Å². The number of aromatic nitrogens is 3. The normalized spacial score (nSPS) is 12.6. The maximum absolute atomic E-state index is 12.5. The second-order valence-electron chi connectivity index (χ2n) is 8.55. The van der Waals surface area contributed by atoms with Gasteiger partial charge < -0.3 is 19.5 Å². The maximum Gasteiger partial charge on any atom is 0.408 e. The topological polar surface area (TPSA) is 93.0 Å². The van der Waals surface area contributed by atoms with Crippen LogP contribution in [0.2, 0.25) is 5.02 Å². The van der Waals surface area contributed by atoms with Crippen molar-refractivity contribution in [1.82, 2.24) is 20.5 Å². The average Bonchev–Trinajstić information content (AvgIpc) is 3.39. The molecule has 0 aliphatic heterocycles. The van der Waals surface area contributed by atoms with Gasteiger partial charge >= 0.3 is 6.09 Å². The zero-order valence-electron chi connectivity index (χ0n) is 18.6. The summed E-state index contributed by atoms with van der Waals surface area (Å²) in [6, 6.07) is 15.1. The van der Waals surface area contributed by atoms with Gasteiger partial charge in [-0.1, -0.05) is 59.8 Å². The van der Waals surface area contributed by atoms with E-state index in [4.69, 9.17) is 20.8 Å². The van der Waals surface area contributed by atoms with Crippen LogP contribution in [-0.4, -0.2) is 26.9 Å². The lowest BCUT2D eigenvalue weighted by Gasteiger charge is -2.22. The van der Waals surface area contributed by atoms with Gasteiger partial charge in [-0.25, -0.2) is 4.79 Å². The molecule has 4 aromatic rings. The molecule has 33 heavy (non-hydrogen) atoms. The number of nitrogens with zero attached hydrogens (tertiary/aromatic N) is 2. The molecule has 7 nitrogen and oxygen atoms in total. The number of fused-ring (bicyclic) bond motifs is 1. The Balaban J connectivity index is 1.54. The van der Waals surface area contributed by atoms with E-state index < -0.39 is 17.7 Å². The van der Waals surface area contributed by atoms with Crippen LogP contribution in [0.4, 0.5) is 4.79 Å². The quantitative estimate of drug-likeness (QED) is 0.299. The summed E-state index contributed by atoms with van der Waals surface area (Å²) in [5, 5.41) is 13.4. The number of benzene rings is 2. The number of H-pyrrole nitrogens is 1. The van der Waals surface area contributed by atoms with Crippen molar-refractivity contribution in [3.05, 3.63) is 76.8 Å². The van der Waals surface area contributed by atoms with Gasteiger partial charge in [-0.15, -0.1) is 10.2 Å². The number of nitrogens with one attached hydrogen (secondary N) is 2. The zero-order valence-corrected chi connectivity index (χ0v) is 20.2. The van der Waals surface area contributed by atoms with Crippen molar-refractivity contribution in [2.45, 2.75) is 49.8 Å². The Morgan fingerprint density at radius 2 is 1.91 bits per heavy atom. The molecule has 9 heteroatoms. The summed E-state index contributed by atoms with van der Waals surface area (Å²) in [5.74, 6) is 0.904. The lowest BCUT2D eigenvalue weighted by molar-refractivity contribution is 0.0494. The highest BCUT2D eigenvalue weighted by Crippen LogP contribution is 2.29. The van der Waals surface area contributed by atoms with E-state index in [1.807, 2.05) is 75.5 Å². The van der Waals surface area contributed by atoms with Gasteiger partial charge in [0.05, 0.1) is 0 Å². The van der Waals surface area contributed by atoms with Crippen LogP contribution in [0.25, 0.3) is 10.9 Å². The Kier molecular flexibility index (Phi) is 6.95. The number of hydrogen-bond donors (Lipinski definition) is 2. The van der Waals surface area contributed by atoms with Crippen LogP contribution < -0.4 is 5.32 Å². The van der Waals surface area contributed by atoms with Gasteiger partial charge in [0.25, 0.3) is 5.22 Å². The minimum atomic E-state index is -0.625. The predicted octanol–water partition coefficient (Wildman–Crippen LogP) is 6.31. The largest absolute Gasteiger partial charge is 0.444 e. The molecule has 0 aliphatic rings. The number of thioether (sulfide) groups is 1. The standard InChI is InChI=1S/C24H25ClN4O3S/c1-24(2,3)32-22(30)27-20(12-16-13-26-19-11-7-5-9-17(16)19)21-28-29-23(31-21)33-14-15-8-4-6-10-18(15)25/h4-11,13,20,26H,12,14H2,1-3H3,(H,27,30)/t20-/m0/s1. The summed E-state index contributed by atoms with van der Waals surface area (Å²) < 4.78 is 11.4. The van der Waals surface area contributed by atoms with Crippen molar-refractivity contribution in [3.8, 4) is 0 Å². The van der Waals surface area contributed by atoms with E-state index in [0.717, 1.165) is 22.0 Å². The van der Waals surface area contributed by atoms with Gasteiger partial charge in [0.2, 0.25) is 5.89 Å². The monoisotopic (exact) mass is 484 g/mol. The summed E-state index contributed by atoms with van der Waals surface area (Å²) in [5.41, 5.74) is 2.39. The maximum atomic E-state index is 12.5. The van der Waals surface area contributed by atoms with Gasteiger partial charge in [-0.2, -0.15) is 0 Å². The first-order valence-corrected chi connectivity index (χ1v) is 11.9. The molecule has 2 aromatic heterocycles. The van der Waals surface area contributed by atoms with E-state index in [-0.39, 0.29) is 0 Å². The lowest BCUT2D eigenvalue weighted by Crippen LogP contribution is -2.36. The van der Waals surface area contributed by atoms with Gasteiger partial charge in [0, 0.05) is 34.3 Å². The van der Waals surface area contributed by atoms with Gasteiger partial charge in [-0.3, -0.25) is 0 Å². The fourth-order valence-electron chi connectivity index (χ4n) is 3.34. The fraction of sp³-hybridized carbons (Fsp3) is 0.292. The molecule has 0 bridgehead atoms. The molecule has 2 aromatic carbocycles. The predicted molar refractivity (Wildman–Crippen MR) is 129 cm³/mol. The number of carbonyl (C=O) groups excluding carboxylic acids is 1. The molecule has 0 saturated carbocycles. The number of ether oxygens (including phenoxy) is 1. The van der Waals surface area contributed by atoms with E-state index in [1.165, 1.54) is 11.8 Å². The molecule has 0 saturated heterocycles. The number of hydrogen-bond acceptors (Lipinski definition) is 6. The Labute approximate surface area is 201 Å².